The summed E-state index contributed by atoms with van der Waals surface area (Å²) in [7, 11) is 1.54. The molecule has 0 aliphatic rings. The topological polar surface area (TPSA) is 90.7 Å². The van der Waals surface area contributed by atoms with Crippen LogP contribution in [0.3, 0.4) is 0 Å². The Morgan fingerprint density at radius 3 is 2.67 bits per heavy atom. The molecule has 0 aliphatic heterocycles. The quantitative estimate of drug-likeness (QED) is 0.477. The van der Waals surface area contributed by atoms with Gasteiger partial charge in [0.15, 0.2) is 0 Å². The molecule has 0 heterocycles. The fourth-order valence-electron chi connectivity index (χ4n) is 1.92. The normalized spacial score (nSPS) is 10.1. The molecule has 126 valence electrons. The van der Waals surface area contributed by atoms with E-state index in [9.17, 15) is 19.3 Å². The van der Waals surface area contributed by atoms with Gasteiger partial charge in [-0.1, -0.05) is 6.07 Å². The van der Waals surface area contributed by atoms with E-state index < -0.39 is 22.3 Å². The van der Waals surface area contributed by atoms with E-state index in [4.69, 9.17) is 9.47 Å². The van der Waals surface area contributed by atoms with E-state index in [0.717, 1.165) is 12.1 Å². The minimum atomic E-state index is -0.949. The second kappa shape index (κ2) is 7.91. The van der Waals surface area contributed by atoms with Gasteiger partial charge in [0.1, 0.15) is 23.9 Å². The Balaban J connectivity index is 1.86. The van der Waals surface area contributed by atoms with E-state index >= 15 is 0 Å². The summed E-state index contributed by atoms with van der Waals surface area (Å²) in [5.74, 6) is -0.401. The zero-order valence-corrected chi connectivity index (χ0v) is 12.8. The lowest BCUT2D eigenvalue weighted by atomic mass is 10.2. The van der Waals surface area contributed by atoms with Crippen molar-refractivity contribution in [1.29, 1.82) is 0 Å². The van der Waals surface area contributed by atoms with Crippen molar-refractivity contribution in [2.24, 2.45) is 0 Å². The highest BCUT2D eigenvalue weighted by Crippen LogP contribution is 2.19. The predicted molar refractivity (Wildman–Crippen MR) is 83.9 cm³/mol. The monoisotopic (exact) mass is 334 g/mol. The summed E-state index contributed by atoms with van der Waals surface area (Å²) in [6.45, 7) is 0.319. The van der Waals surface area contributed by atoms with Gasteiger partial charge in [-0.2, -0.15) is 0 Å². The van der Waals surface area contributed by atoms with E-state index in [2.05, 4.69) is 5.32 Å². The number of hydrogen-bond donors (Lipinski definition) is 1. The Hall–Kier alpha value is -3.16. The maximum atomic E-state index is 13.7. The van der Waals surface area contributed by atoms with Gasteiger partial charge in [0.2, 0.25) is 0 Å². The zero-order chi connectivity index (χ0) is 17.5. The highest BCUT2D eigenvalue weighted by atomic mass is 19.1. The van der Waals surface area contributed by atoms with Gasteiger partial charge in [0.25, 0.3) is 11.6 Å². The molecule has 2 aromatic carbocycles. The molecule has 0 aromatic heterocycles. The smallest absolute Gasteiger partial charge is 0.272 e. The van der Waals surface area contributed by atoms with E-state index in [1.807, 2.05) is 0 Å². The van der Waals surface area contributed by atoms with Crippen molar-refractivity contribution in [1.82, 2.24) is 5.32 Å². The third-order valence-corrected chi connectivity index (χ3v) is 3.11. The molecule has 1 N–H and O–H groups in total. The third kappa shape index (κ3) is 4.42. The van der Waals surface area contributed by atoms with Crippen LogP contribution in [0.4, 0.5) is 10.1 Å². The Bertz CT molecular complexity index is 751. The molecule has 0 saturated carbocycles. The molecule has 2 aromatic rings. The number of carbonyl (C=O) groups excluding carboxylic acids is 1. The highest BCUT2D eigenvalue weighted by Gasteiger charge is 2.15. The van der Waals surface area contributed by atoms with Gasteiger partial charge in [-0.05, 0) is 18.2 Å². The summed E-state index contributed by atoms with van der Waals surface area (Å²) >= 11 is 0. The summed E-state index contributed by atoms with van der Waals surface area (Å²) in [5.41, 5.74) is -0.674. The molecular weight excluding hydrogens is 319 g/mol. The van der Waals surface area contributed by atoms with Crippen molar-refractivity contribution >= 4 is 11.6 Å². The number of carbonyl (C=O) groups is 1. The van der Waals surface area contributed by atoms with Crippen molar-refractivity contribution in [2.75, 3.05) is 20.3 Å². The van der Waals surface area contributed by atoms with Crippen LogP contribution in [0.15, 0.2) is 42.5 Å². The van der Waals surface area contributed by atoms with Crippen molar-refractivity contribution in [3.63, 3.8) is 0 Å². The number of nitrogens with one attached hydrogen (secondary N) is 1. The first-order chi connectivity index (χ1) is 11.5. The third-order valence-electron chi connectivity index (χ3n) is 3.11. The van der Waals surface area contributed by atoms with Crippen molar-refractivity contribution in [3.8, 4) is 11.5 Å². The minimum absolute atomic E-state index is 0.145. The lowest BCUT2D eigenvalue weighted by Gasteiger charge is -2.09. The molecule has 0 saturated heterocycles. The Kier molecular flexibility index (Phi) is 5.67. The molecule has 1 amide bonds. The van der Waals surface area contributed by atoms with Crippen LogP contribution in [0.1, 0.15) is 10.4 Å². The van der Waals surface area contributed by atoms with Crippen LogP contribution in [0.2, 0.25) is 0 Å². The molecule has 24 heavy (non-hydrogen) atoms. The second-order valence-corrected chi connectivity index (χ2v) is 4.70. The number of hydrogen-bond acceptors (Lipinski definition) is 5. The number of halogens is 1. The fraction of sp³-hybridized carbons (Fsp3) is 0.188. The summed E-state index contributed by atoms with van der Waals surface area (Å²) < 4.78 is 24.2. The lowest BCUT2D eigenvalue weighted by Crippen LogP contribution is -2.28. The number of ether oxygens (including phenoxy) is 2. The van der Waals surface area contributed by atoms with Crippen LogP contribution >= 0.6 is 0 Å². The number of amides is 1. The van der Waals surface area contributed by atoms with Crippen LogP contribution in [0.25, 0.3) is 0 Å². The maximum Gasteiger partial charge on any atom is 0.272 e. The van der Waals surface area contributed by atoms with E-state index in [1.54, 1.807) is 24.3 Å². The van der Waals surface area contributed by atoms with Crippen molar-refractivity contribution < 1.29 is 23.6 Å². The van der Waals surface area contributed by atoms with E-state index in [0.29, 0.717) is 17.6 Å². The van der Waals surface area contributed by atoms with Gasteiger partial charge in [-0.3, -0.25) is 14.9 Å². The summed E-state index contributed by atoms with van der Waals surface area (Å²) in [6.07, 6.45) is 0. The molecule has 7 nitrogen and oxygen atoms in total. The second-order valence-electron chi connectivity index (χ2n) is 4.70. The largest absolute Gasteiger partial charge is 0.497 e. The molecule has 0 bridgehead atoms. The molecule has 2 rings (SSSR count). The fourth-order valence-corrected chi connectivity index (χ4v) is 1.92. The first-order valence-corrected chi connectivity index (χ1v) is 7.00. The lowest BCUT2D eigenvalue weighted by molar-refractivity contribution is -0.385. The number of non-ortho nitro benzene ring substituents is 1. The number of rotatable bonds is 7. The maximum absolute atomic E-state index is 13.7. The van der Waals surface area contributed by atoms with Gasteiger partial charge in [0.05, 0.1) is 30.2 Å². The summed E-state index contributed by atoms with van der Waals surface area (Å²) in [4.78, 5) is 21.7. The van der Waals surface area contributed by atoms with Gasteiger partial charge in [-0.25, -0.2) is 4.39 Å². The van der Waals surface area contributed by atoms with Crippen LogP contribution in [-0.4, -0.2) is 31.1 Å². The number of nitrogens with zero attached hydrogens (tertiary/aromatic N) is 1. The first-order valence-electron chi connectivity index (χ1n) is 7.00. The Morgan fingerprint density at radius 1 is 1.25 bits per heavy atom. The minimum Gasteiger partial charge on any atom is -0.497 e. The molecule has 0 atom stereocenters. The molecular formula is C16H15FN2O5. The van der Waals surface area contributed by atoms with Crippen LogP contribution < -0.4 is 14.8 Å². The number of nitro groups is 1. The standard InChI is InChI=1S/C16H15FN2O5/c1-23-12-3-2-4-13(10-12)24-8-7-18-16(20)14-6-5-11(19(21)22)9-15(14)17/h2-6,9-10H,7-8H2,1H3,(H,18,20). The van der Waals surface area contributed by atoms with Crippen LogP contribution in [0, 0.1) is 15.9 Å². The summed E-state index contributed by atoms with van der Waals surface area (Å²) in [5, 5.41) is 13.0. The molecule has 0 fully saturated rings. The number of methoxy groups -OCH3 is 1. The molecule has 0 unspecified atom stereocenters. The zero-order valence-electron chi connectivity index (χ0n) is 12.8. The van der Waals surface area contributed by atoms with E-state index in [-0.39, 0.29) is 18.7 Å². The van der Waals surface area contributed by atoms with Crippen molar-refractivity contribution in [2.45, 2.75) is 0 Å². The summed E-state index contributed by atoms with van der Waals surface area (Å²) in [6, 6.07) is 9.82. The van der Waals surface area contributed by atoms with Crippen molar-refractivity contribution in [3.05, 3.63) is 64.0 Å². The van der Waals surface area contributed by atoms with Crippen LogP contribution in [0.5, 0.6) is 11.5 Å². The molecule has 8 heteroatoms. The Morgan fingerprint density at radius 2 is 2.00 bits per heavy atom. The van der Waals surface area contributed by atoms with Gasteiger partial charge >= 0.3 is 0 Å². The van der Waals surface area contributed by atoms with Gasteiger partial charge < -0.3 is 14.8 Å². The SMILES string of the molecule is COc1cccc(OCCNC(=O)c2ccc([N+](=O)[O-])cc2F)c1. The molecule has 0 spiro atoms. The Labute approximate surface area is 137 Å². The predicted octanol–water partition coefficient (Wildman–Crippen LogP) is 2.55. The van der Waals surface area contributed by atoms with Gasteiger partial charge in [-0.15, -0.1) is 0 Å². The van der Waals surface area contributed by atoms with Gasteiger partial charge in [0, 0.05) is 12.1 Å². The number of nitro benzene ring substituents is 1. The average molecular weight is 334 g/mol. The van der Waals surface area contributed by atoms with Crippen LogP contribution in [-0.2, 0) is 0 Å². The average Bonchev–Trinajstić information content (AvgIpc) is 2.58. The van der Waals surface area contributed by atoms with E-state index in [1.165, 1.54) is 7.11 Å². The molecule has 0 radical (unpaired) electrons. The molecule has 0 aliphatic carbocycles. The first kappa shape index (κ1) is 17.2. The highest BCUT2D eigenvalue weighted by molar-refractivity contribution is 5.94. The number of benzene rings is 2.